The molecule has 1 N–H and O–H groups in total. The number of benzene rings is 1. The fraction of sp³-hybridized carbons (Fsp3) is 0.231. The highest BCUT2D eigenvalue weighted by Gasteiger charge is 2.22. The first-order chi connectivity index (χ1) is 9.83. The van der Waals surface area contributed by atoms with Crippen molar-refractivity contribution in [2.75, 3.05) is 14.2 Å². The molecule has 8 heteroatoms. The fourth-order valence-electron chi connectivity index (χ4n) is 1.62. The maximum absolute atomic E-state index is 11.4. The zero-order valence-corrected chi connectivity index (χ0v) is 11.6. The van der Waals surface area contributed by atoms with Crippen molar-refractivity contribution < 1.29 is 29.1 Å². The number of hydrogen-bond acceptors (Lipinski definition) is 7. The van der Waals surface area contributed by atoms with Gasteiger partial charge in [0.2, 0.25) is 5.76 Å². The Balaban J connectivity index is 3.47. The number of aliphatic hydroxyl groups excluding tert-OH is 1. The molecule has 0 aromatic heterocycles. The largest absolute Gasteiger partial charge is 0.502 e. The minimum Gasteiger partial charge on any atom is -0.502 e. The zero-order valence-electron chi connectivity index (χ0n) is 11.6. The van der Waals surface area contributed by atoms with E-state index in [9.17, 15) is 24.8 Å². The van der Waals surface area contributed by atoms with Crippen molar-refractivity contribution >= 4 is 23.2 Å². The van der Waals surface area contributed by atoms with Gasteiger partial charge in [-0.1, -0.05) is 0 Å². The quantitative estimate of drug-likeness (QED) is 0.296. The molecule has 0 radical (unpaired) electrons. The van der Waals surface area contributed by atoms with Crippen molar-refractivity contribution in [2.24, 2.45) is 0 Å². The molecular weight excluding hydrogens is 282 g/mol. The van der Waals surface area contributed by atoms with Gasteiger partial charge >= 0.3 is 11.9 Å². The summed E-state index contributed by atoms with van der Waals surface area (Å²) in [7, 11) is 2.22. The molecule has 0 atom stereocenters. The summed E-state index contributed by atoms with van der Waals surface area (Å²) in [5, 5.41) is 20.7. The summed E-state index contributed by atoms with van der Waals surface area (Å²) in [6.45, 7) is 1.33. The first-order valence-electron chi connectivity index (χ1n) is 5.68. The van der Waals surface area contributed by atoms with Gasteiger partial charge in [-0.05, 0) is 19.1 Å². The van der Waals surface area contributed by atoms with Crippen molar-refractivity contribution in [2.45, 2.75) is 6.92 Å². The van der Waals surface area contributed by atoms with Gasteiger partial charge in [0.25, 0.3) is 5.69 Å². The number of ether oxygens (including phenoxy) is 2. The lowest BCUT2D eigenvalue weighted by atomic mass is 10.0. The Bertz CT molecular complexity index is 633. The van der Waals surface area contributed by atoms with E-state index >= 15 is 0 Å². The van der Waals surface area contributed by atoms with Gasteiger partial charge in [0.05, 0.1) is 30.3 Å². The van der Waals surface area contributed by atoms with Gasteiger partial charge in [-0.3, -0.25) is 10.1 Å². The van der Waals surface area contributed by atoms with E-state index in [0.717, 1.165) is 20.3 Å². The van der Waals surface area contributed by atoms with Crippen LogP contribution in [0, 0.1) is 10.1 Å². The second kappa shape index (κ2) is 6.51. The number of carbonyl (C=O) groups is 2. The van der Waals surface area contributed by atoms with E-state index in [-0.39, 0.29) is 16.7 Å². The number of carbonyl (C=O) groups excluding carboxylic acids is 2. The molecule has 0 saturated carbocycles. The second-order valence-corrected chi connectivity index (χ2v) is 3.95. The SMILES string of the molecule is COC(=O)/C(O)=C(\C)c1ccc(C(=O)OC)cc1[N+](=O)[O-]. The molecule has 1 rings (SSSR count). The Kier molecular flexibility index (Phi) is 5.01. The van der Waals surface area contributed by atoms with Gasteiger partial charge in [-0.2, -0.15) is 0 Å². The number of hydrogen-bond donors (Lipinski definition) is 1. The van der Waals surface area contributed by atoms with Crippen molar-refractivity contribution in [1.82, 2.24) is 0 Å². The molecule has 0 heterocycles. The van der Waals surface area contributed by atoms with Gasteiger partial charge in [0.1, 0.15) is 0 Å². The van der Waals surface area contributed by atoms with Crippen molar-refractivity contribution in [3.8, 4) is 0 Å². The van der Waals surface area contributed by atoms with Crippen LogP contribution in [0.25, 0.3) is 5.57 Å². The predicted molar refractivity (Wildman–Crippen MR) is 71.7 cm³/mol. The van der Waals surface area contributed by atoms with Crippen LogP contribution in [0.4, 0.5) is 5.69 Å². The molecule has 0 unspecified atom stereocenters. The summed E-state index contributed by atoms with van der Waals surface area (Å²) >= 11 is 0. The number of allylic oxidation sites excluding steroid dienone is 1. The van der Waals surface area contributed by atoms with Crippen LogP contribution in [0.5, 0.6) is 0 Å². The van der Waals surface area contributed by atoms with Gasteiger partial charge < -0.3 is 14.6 Å². The standard InChI is InChI=1S/C13H13NO7/c1-7(11(15)13(17)21-3)9-5-4-8(12(16)20-2)6-10(9)14(18)19/h4-6,15H,1-3H3/b11-7-. The third-order valence-electron chi connectivity index (χ3n) is 2.75. The van der Waals surface area contributed by atoms with Crippen LogP contribution in [-0.2, 0) is 14.3 Å². The lowest BCUT2D eigenvalue weighted by Crippen LogP contribution is -2.08. The molecule has 112 valence electrons. The van der Waals surface area contributed by atoms with Crippen LogP contribution in [0.1, 0.15) is 22.8 Å². The lowest BCUT2D eigenvalue weighted by molar-refractivity contribution is -0.385. The molecule has 21 heavy (non-hydrogen) atoms. The number of nitrogens with zero attached hydrogens (tertiary/aromatic N) is 1. The third kappa shape index (κ3) is 3.35. The average Bonchev–Trinajstić information content (AvgIpc) is 2.51. The van der Waals surface area contributed by atoms with Crippen LogP contribution in [0.15, 0.2) is 24.0 Å². The predicted octanol–water partition coefficient (Wildman–Crippen LogP) is 1.84. The number of nitro benzene ring substituents is 1. The van der Waals surface area contributed by atoms with E-state index in [1.165, 1.54) is 19.1 Å². The van der Waals surface area contributed by atoms with Crippen molar-refractivity contribution in [3.63, 3.8) is 0 Å². The number of nitro groups is 1. The Morgan fingerprint density at radius 3 is 2.33 bits per heavy atom. The number of methoxy groups -OCH3 is 2. The van der Waals surface area contributed by atoms with Crippen molar-refractivity contribution in [3.05, 3.63) is 45.2 Å². The zero-order chi connectivity index (χ0) is 16.2. The number of aliphatic hydroxyl groups is 1. The molecule has 0 aliphatic carbocycles. The van der Waals surface area contributed by atoms with Crippen LogP contribution >= 0.6 is 0 Å². The van der Waals surface area contributed by atoms with Gasteiger partial charge in [0, 0.05) is 11.6 Å². The Hall–Kier alpha value is -2.90. The molecular formula is C13H13NO7. The first kappa shape index (κ1) is 16.2. The van der Waals surface area contributed by atoms with E-state index in [4.69, 9.17) is 0 Å². The van der Waals surface area contributed by atoms with E-state index in [1.807, 2.05) is 0 Å². The van der Waals surface area contributed by atoms with E-state index in [1.54, 1.807) is 0 Å². The molecule has 0 aliphatic rings. The highest BCUT2D eigenvalue weighted by Crippen LogP contribution is 2.29. The Labute approximate surface area is 119 Å². The third-order valence-corrected chi connectivity index (χ3v) is 2.75. The highest BCUT2D eigenvalue weighted by molar-refractivity contribution is 5.97. The van der Waals surface area contributed by atoms with Crippen LogP contribution in [-0.4, -0.2) is 36.2 Å². The Morgan fingerprint density at radius 2 is 1.86 bits per heavy atom. The number of esters is 2. The molecule has 0 spiro atoms. The molecule has 0 bridgehead atoms. The van der Waals surface area contributed by atoms with Crippen molar-refractivity contribution in [1.29, 1.82) is 0 Å². The summed E-state index contributed by atoms with van der Waals surface area (Å²) in [4.78, 5) is 33.0. The molecule has 8 nitrogen and oxygen atoms in total. The normalized spacial score (nSPS) is 11.4. The minimum atomic E-state index is -1.01. The Morgan fingerprint density at radius 1 is 1.24 bits per heavy atom. The molecule has 0 saturated heterocycles. The fourth-order valence-corrected chi connectivity index (χ4v) is 1.62. The monoisotopic (exact) mass is 295 g/mol. The topological polar surface area (TPSA) is 116 Å². The second-order valence-electron chi connectivity index (χ2n) is 3.95. The summed E-state index contributed by atoms with van der Waals surface area (Å²) in [5.74, 6) is -2.49. The maximum atomic E-state index is 11.4. The summed E-state index contributed by atoms with van der Waals surface area (Å²) < 4.78 is 8.82. The summed E-state index contributed by atoms with van der Waals surface area (Å²) in [5.41, 5.74) is -0.496. The van der Waals surface area contributed by atoms with Gasteiger partial charge in [0.15, 0.2) is 0 Å². The smallest absolute Gasteiger partial charge is 0.373 e. The van der Waals surface area contributed by atoms with Crippen LogP contribution < -0.4 is 0 Å². The van der Waals surface area contributed by atoms with Crippen LogP contribution in [0.2, 0.25) is 0 Å². The molecule has 1 aromatic rings. The van der Waals surface area contributed by atoms with Gasteiger partial charge in [-0.25, -0.2) is 9.59 Å². The maximum Gasteiger partial charge on any atom is 0.373 e. The summed E-state index contributed by atoms with van der Waals surface area (Å²) in [6.07, 6.45) is 0. The van der Waals surface area contributed by atoms with E-state index in [0.29, 0.717) is 0 Å². The average molecular weight is 295 g/mol. The van der Waals surface area contributed by atoms with E-state index < -0.39 is 28.3 Å². The van der Waals surface area contributed by atoms with Crippen LogP contribution in [0.3, 0.4) is 0 Å². The molecule has 1 aromatic carbocycles. The number of rotatable bonds is 4. The van der Waals surface area contributed by atoms with Gasteiger partial charge in [-0.15, -0.1) is 0 Å². The molecule has 0 fully saturated rings. The molecule has 0 amide bonds. The first-order valence-corrected chi connectivity index (χ1v) is 5.68. The lowest BCUT2D eigenvalue weighted by Gasteiger charge is -2.07. The summed E-state index contributed by atoms with van der Waals surface area (Å²) in [6, 6.07) is 3.55. The molecule has 0 aliphatic heterocycles. The highest BCUT2D eigenvalue weighted by atomic mass is 16.6. The minimum absolute atomic E-state index is 0.00412. The van der Waals surface area contributed by atoms with E-state index in [2.05, 4.69) is 9.47 Å².